The maximum atomic E-state index is 12.3. The van der Waals surface area contributed by atoms with Gasteiger partial charge >= 0.3 is 11.9 Å². The molecule has 0 aliphatic heterocycles. The number of esters is 1. The summed E-state index contributed by atoms with van der Waals surface area (Å²) < 4.78 is 5.00. The van der Waals surface area contributed by atoms with E-state index >= 15 is 0 Å². The van der Waals surface area contributed by atoms with E-state index in [4.69, 9.17) is 9.84 Å². The van der Waals surface area contributed by atoms with Crippen molar-refractivity contribution in [1.82, 2.24) is 5.32 Å². The Balaban J connectivity index is 1.71. The summed E-state index contributed by atoms with van der Waals surface area (Å²) in [5.74, 6) is -0.926. The zero-order chi connectivity index (χ0) is 19.2. The zero-order valence-electron chi connectivity index (χ0n) is 15.5. The van der Waals surface area contributed by atoms with Crippen molar-refractivity contribution in [3.05, 3.63) is 70.8 Å². The summed E-state index contributed by atoms with van der Waals surface area (Å²) in [6, 6.07) is 14.8. The summed E-state index contributed by atoms with van der Waals surface area (Å²) in [6.45, 7) is 0.412. The van der Waals surface area contributed by atoms with Crippen LogP contribution in [0.1, 0.15) is 52.2 Å². The van der Waals surface area contributed by atoms with Crippen LogP contribution in [0.25, 0.3) is 0 Å². The Labute approximate surface area is 159 Å². The van der Waals surface area contributed by atoms with Crippen molar-refractivity contribution in [2.24, 2.45) is 0 Å². The van der Waals surface area contributed by atoms with Gasteiger partial charge in [0.2, 0.25) is 0 Å². The van der Waals surface area contributed by atoms with Gasteiger partial charge in [-0.2, -0.15) is 0 Å². The van der Waals surface area contributed by atoms with Crippen molar-refractivity contribution >= 4 is 11.9 Å². The fourth-order valence-corrected chi connectivity index (χ4v) is 3.84. The van der Waals surface area contributed by atoms with Gasteiger partial charge in [-0.25, -0.2) is 4.79 Å². The minimum absolute atomic E-state index is 0.241. The number of carbonyl (C=O) groups is 2. The van der Waals surface area contributed by atoms with Crippen LogP contribution in [0, 0.1) is 0 Å². The van der Waals surface area contributed by atoms with Gasteiger partial charge in [0, 0.05) is 6.54 Å². The third-order valence-electron chi connectivity index (χ3n) is 5.23. The van der Waals surface area contributed by atoms with Crippen LogP contribution in [-0.4, -0.2) is 30.2 Å². The maximum absolute atomic E-state index is 12.3. The molecular weight excluding hydrogens is 342 g/mol. The standard InChI is InChI=1S/C22H25NO4/c1-27-22(26)20(23-14-15-6-4-10-18(12-15)21(24)25)13-17-9-5-8-16-7-2-3-11-19(16)17/h2-4,6-7,10-12,17,20,23H,5,8-9,13-14H2,1H3,(H,24,25). The number of benzene rings is 2. The van der Waals surface area contributed by atoms with Crippen LogP contribution < -0.4 is 5.32 Å². The van der Waals surface area contributed by atoms with Gasteiger partial charge in [-0.15, -0.1) is 0 Å². The number of nitrogens with one attached hydrogen (secondary N) is 1. The molecule has 0 fully saturated rings. The van der Waals surface area contributed by atoms with E-state index in [1.165, 1.54) is 18.2 Å². The summed E-state index contributed by atoms with van der Waals surface area (Å²) >= 11 is 0. The molecule has 3 rings (SSSR count). The number of fused-ring (bicyclic) bond motifs is 1. The summed E-state index contributed by atoms with van der Waals surface area (Å²) in [5.41, 5.74) is 3.76. The van der Waals surface area contributed by atoms with Gasteiger partial charge in [-0.3, -0.25) is 4.79 Å². The number of hydrogen-bond acceptors (Lipinski definition) is 4. The molecule has 0 spiro atoms. The normalized spacial score (nSPS) is 17.0. The van der Waals surface area contributed by atoms with Crippen LogP contribution in [0.4, 0.5) is 0 Å². The summed E-state index contributed by atoms with van der Waals surface area (Å²) in [5, 5.41) is 12.4. The highest BCUT2D eigenvalue weighted by Crippen LogP contribution is 2.34. The molecular formula is C22H25NO4. The van der Waals surface area contributed by atoms with Gasteiger partial charge in [-0.05, 0) is 60.4 Å². The molecule has 2 atom stereocenters. The topological polar surface area (TPSA) is 75.6 Å². The Morgan fingerprint density at radius 2 is 2.04 bits per heavy atom. The molecule has 1 aliphatic carbocycles. The first-order chi connectivity index (χ1) is 13.1. The molecule has 2 aromatic rings. The molecule has 0 bridgehead atoms. The van der Waals surface area contributed by atoms with Crippen molar-refractivity contribution in [1.29, 1.82) is 0 Å². The van der Waals surface area contributed by atoms with Gasteiger partial charge in [0.25, 0.3) is 0 Å². The third kappa shape index (κ3) is 4.74. The molecule has 142 valence electrons. The second kappa shape index (κ2) is 8.82. The fourth-order valence-electron chi connectivity index (χ4n) is 3.84. The molecule has 1 aliphatic rings. The van der Waals surface area contributed by atoms with E-state index in [0.717, 1.165) is 24.8 Å². The van der Waals surface area contributed by atoms with E-state index in [1.807, 2.05) is 6.07 Å². The predicted octanol–water partition coefficient (Wildman–Crippen LogP) is 3.53. The average Bonchev–Trinajstić information content (AvgIpc) is 2.70. The number of aryl methyl sites for hydroxylation is 1. The van der Waals surface area contributed by atoms with Gasteiger partial charge in [0.1, 0.15) is 6.04 Å². The van der Waals surface area contributed by atoms with Gasteiger partial charge < -0.3 is 15.2 Å². The second-order valence-corrected chi connectivity index (χ2v) is 6.99. The molecule has 5 heteroatoms. The van der Waals surface area contributed by atoms with E-state index in [0.29, 0.717) is 18.9 Å². The lowest BCUT2D eigenvalue weighted by atomic mass is 9.79. The third-order valence-corrected chi connectivity index (χ3v) is 5.23. The van der Waals surface area contributed by atoms with E-state index in [9.17, 15) is 9.59 Å². The molecule has 5 nitrogen and oxygen atoms in total. The Bertz CT molecular complexity index is 817. The zero-order valence-corrected chi connectivity index (χ0v) is 15.5. The van der Waals surface area contributed by atoms with E-state index in [-0.39, 0.29) is 11.5 Å². The fraction of sp³-hybridized carbons (Fsp3) is 0.364. The maximum Gasteiger partial charge on any atom is 0.335 e. The van der Waals surface area contributed by atoms with Crippen LogP contribution in [-0.2, 0) is 22.5 Å². The molecule has 0 saturated carbocycles. The van der Waals surface area contributed by atoms with Crippen LogP contribution >= 0.6 is 0 Å². The number of carbonyl (C=O) groups excluding carboxylic acids is 1. The number of rotatable bonds is 7. The van der Waals surface area contributed by atoms with Crippen LogP contribution in [0.5, 0.6) is 0 Å². The second-order valence-electron chi connectivity index (χ2n) is 6.99. The van der Waals surface area contributed by atoms with E-state index < -0.39 is 12.0 Å². The molecule has 0 amide bonds. The quantitative estimate of drug-likeness (QED) is 0.732. The smallest absolute Gasteiger partial charge is 0.335 e. The number of ether oxygens (including phenoxy) is 1. The minimum Gasteiger partial charge on any atom is -0.478 e. The van der Waals surface area contributed by atoms with Crippen molar-refractivity contribution in [2.45, 2.75) is 44.2 Å². The van der Waals surface area contributed by atoms with E-state index in [2.05, 4.69) is 29.6 Å². The number of carboxylic acids is 1. The number of hydrogen-bond donors (Lipinski definition) is 2. The first kappa shape index (κ1) is 19.1. The summed E-state index contributed by atoms with van der Waals surface area (Å²) in [4.78, 5) is 23.4. The van der Waals surface area contributed by atoms with Crippen molar-refractivity contribution < 1.29 is 19.4 Å². The molecule has 0 aromatic heterocycles. The lowest BCUT2D eigenvalue weighted by molar-refractivity contribution is -0.143. The summed E-state index contributed by atoms with van der Waals surface area (Å²) in [7, 11) is 1.40. The van der Waals surface area contributed by atoms with Crippen molar-refractivity contribution in [2.75, 3.05) is 7.11 Å². The molecule has 2 unspecified atom stereocenters. The van der Waals surface area contributed by atoms with Gasteiger partial charge in [-0.1, -0.05) is 36.4 Å². The lowest BCUT2D eigenvalue weighted by Crippen LogP contribution is -2.39. The SMILES string of the molecule is COC(=O)C(CC1CCCc2ccccc21)NCc1cccc(C(=O)O)c1. The minimum atomic E-state index is -0.958. The Morgan fingerprint density at radius 3 is 2.81 bits per heavy atom. The van der Waals surface area contributed by atoms with Crippen LogP contribution in [0.3, 0.4) is 0 Å². The Kier molecular flexibility index (Phi) is 6.24. The van der Waals surface area contributed by atoms with Crippen LogP contribution in [0.2, 0.25) is 0 Å². The molecule has 0 radical (unpaired) electrons. The molecule has 0 saturated heterocycles. The average molecular weight is 367 g/mol. The molecule has 2 N–H and O–H groups in total. The summed E-state index contributed by atoms with van der Waals surface area (Å²) in [6.07, 6.45) is 3.93. The Morgan fingerprint density at radius 1 is 1.22 bits per heavy atom. The van der Waals surface area contributed by atoms with Gasteiger partial charge in [0.15, 0.2) is 0 Å². The number of aromatic carboxylic acids is 1. The largest absolute Gasteiger partial charge is 0.478 e. The van der Waals surface area contributed by atoms with Crippen LogP contribution in [0.15, 0.2) is 48.5 Å². The number of carboxylic acid groups (broad SMARTS) is 1. The highest BCUT2D eigenvalue weighted by molar-refractivity contribution is 5.87. The first-order valence-electron chi connectivity index (χ1n) is 9.29. The predicted molar refractivity (Wildman–Crippen MR) is 103 cm³/mol. The molecule has 0 heterocycles. The highest BCUT2D eigenvalue weighted by atomic mass is 16.5. The Hall–Kier alpha value is -2.66. The lowest BCUT2D eigenvalue weighted by Gasteiger charge is -2.28. The number of methoxy groups -OCH3 is 1. The van der Waals surface area contributed by atoms with Crippen molar-refractivity contribution in [3.8, 4) is 0 Å². The van der Waals surface area contributed by atoms with Crippen molar-refractivity contribution in [3.63, 3.8) is 0 Å². The van der Waals surface area contributed by atoms with E-state index in [1.54, 1.807) is 18.2 Å². The first-order valence-corrected chi connectivity index (χ1v) is 9.29. The molecule has 2 aromatic carbocycles. The van der Waals surface area contributed by atoms with Gasteiger partial charge in [0.05, 0.1) is 12.7 Å². The monoisotopic (exact) mass is 367 g/mol. The highest BCUT2D eigenvalue weighted by Gasteiger charge is 2.27. The molecule has 27 heavy (non-hydrogen) atoms.